The maximum Gasteiger partial charge on any atom is 0.240 e. The average molecular weight is 362 g/mol. The lowest BCUT2D eigenvalue weighted by atomic mass is 10.0. The number of fused-ring (bicyclic) bond motifs is 1. The summed E-state index contributed by atoms with van der Waals surface area (Å²) in [7, 11) is -1.94. The van der Waals surface area contributed by atoms with Gasteiger partial charge >= 0.3 is 0 Å². The quantitative estimate of drug-likeness (QED) is 0.887. The summed E-state index contributed by atoms with van der Waals surface area (Å²) >= 11 is 0. The van der Waals surface area contributed by atoms with E-state index in [0.29, 0.717) is 19.3 Å². The lowest BCUT2D eigenvalue weighted by molar-refractivity contribution is -0.118. The molecule has 0 spiro atoms. The number of nitrogens with zero attached hydrogens (tertiary/aromatic N) is 1. The van der Waals surface area contributed by atoms with Gasteiger partial charge in [-0.15, -0.1) is 0 Å². The molecule has 0 saturated carbocycles. The van der Waals surface area contributed by atoms with Crippen LogP contribution < -0.4 is 9.62 Å². The minimum atomic E-state index is -3.63. The smallest absolute Gasteiger partial charge is 0.240 e. The molecule has 1 aliphatic rings. The molecule has 0 aromatic heterocycles. The summed E-state index contributed by atoms with van der Waals surface area (Å²) in [4.78, 5) is 13.4. The molecule has 1 amide bonds. The molecule has 2 aromatic rings. The predicted octanol–water partition coefficient (Wildman–Crippen LogP) is 2.26. The fourth-order valence-electron chi connectivity index (χ4n) is 2.86. The van der Waals surface area contributed by atoms with Crippen LogP contribution in [0.25, 0.3) is 0 Å². The number of aryl methyl sites for hydroxylation is 1. The molecule has 0 unspecified atom stereocenters. The number of anilines is 1. The Labute approximate surface area is 146 Å². The number of nitrogens with one attached hydrogen (secondary N) is 1. The van der Waals surface area contributed by atoms with Crippen molar-refractivity contribution >= 4 is 21.6 Å². The second kappa shape index (κ2) is 6.93. The van der Waals surface area contributed by atoms with Gasteiger partial charge in [0, 0.05) is 25.7 Å². The van der Waals surface area contributed by atoms with E-state index in [1.54, 1.807) is 36.2 Å². The number of hydrogen-bond acceptors (Lipinski definition) is 3. The summed E-state index contributed by atoms with van der Waals surface area (Å²) in [6, 6.07) is 10.8. The Morgan fingerprint density at radius 1 is 1.12 bits per heavy atom. The van der Waals surface area contributed by atoms with Gasteiger partial charge < -0.3 is 4.90 Å². The van der Waals surface area contributed by atoms with E-state index in [-0.39, 0.29) is 23.2 Å². The van der Waals surface area contributed by atoms with Gasteiger partial charge in [0.05, 0.1) is 4.90 Å². The van der Waals surface area contributed by atoms with E-state index < -0.39 is 10.0 Å². The number of rotatable bonds is 5. The van der Waals surface area contributed by atoms with Gasteiger partial charge in [0.2, 0.25) is 15.9 Å². The first kappa shape index (κ1) is 17.6. The Hall–Kier alpha value is -2.25. The van der Waals surface area contributed by atoms with Crippen molar-refractivity contribution in [1.82, 2.24) is 4.72 Å². The van der Waals surface area contributed by atoms with Gasteiger partial charge in [0.25, 0.3) is 0 Å². The van der Waals surface area contributed by atoms with Gasteiger partial charge in [0.15, 0.2) is 0 Å². The zero-order valence-electron chi connectivity index (χ0n) is 13.8. The molecule has 25 heavy (non-hydrogen) atoms. The number of carbonyl (C=O) groups excluding carboxylic acids is 1. The molecule has 0 aliphatic carbocycles. The number of halogens is 1. The van der Waals surface area contributed by atoms with E-state index in [0.717, 1.165) is 16.8 Å². The van der Waals surface area contributed by atoms with Crippen molar-refractivity contribution in [3.8, 4) is 0 Å². The average Bonchev–Trinajstić information content (AvgIpc) is 2.59. The lowest BCUT2D eigenvalue weighted by Gasteiger charge is -2.26. The summed E-state index contributed by atoms with van der Waals surface area (Å²) in [5.41, 5.74) is 2.46. The van der Waals surface area contributed by atoms with Crippen LogP contribution in [-0.4, -0.2) is 27.9 Å². The highest BCUT2D eigenvalue weighted by Gasteiger charge is 2.23. The van der Waals surface area contributed by atoms with Crippen molar-refractivity contribution in [1.29, 1.82) is 0 Å². The van der Waals surface area contributed by atoms with Gasteiger partial charge in [-0.1, -0.05) is 12.1 Å². The lowest BCUT2D eigenvalue weighted by Crippen LogP contribution is -2.31. The van der Waals surface area contributed by atoms with Crippen LogP contribution in [0.3, 0.4) is 0 Å². The molecule has 0 bridgehead atoms. The highest BCUT2D eigenvalue weighted by molar-refractivity contribution is 7.89. The summed E-state index contributed by atoms with van der Waals surface area (Å²) in [5, 5.41) is 0. The van der Waals surface area contributed by atoms with Crippen LogP contribution >= 0.6 is 0 Å². The molecule has 1 heterocycles. The van der Waals surface area contributed by atoms with Crippen molar-refractivity contribution in [2.45, 2.75) is 24.2 Å². The fourth-order valence-corrected chi connectivity index (χ4v) is 3.95. The Kier molecular flexibility index (Phi) is 4.87. The van der Waals surface area contributed by atoms with Gasteiger partial charge in [-0.3, -0.25) is 4.79 Å². The van der Waals surface area contributed by atoms with Gasteiger partial charge in [0.1, 0.15) is 5.82 Å². The van der Waals surface area contributed by atoms with Gasteiger partial charge in [-0.05, 0) is 54.3 Å². The molecular weight excluding hydrogens is 343 g/mol. The molecule has 2 aromatic carbocycles. The number of carbonyl (C=O) groups is 1. The number of amides is 1. The van der Waals surface area contributed by atoms with E-state index in [4.69, 9.17) is 0 Å². The first-order chi connectivity index (χ1) is 11.9. The largest absolute Gasteiger partial charge is 0.315 e. The Balaban J connectivity index is 1.70. The van der Waals surface area contributed by atoms with Crippen molar-refractivity contribution in [3.05, 3.63) is 59.4 Å². The van der Waals surface area contributed by atoms with Crippen LogP contribution in [0.4, 0.5) is 10.1 Å². The Bertz CT molecular complexity index is 895. The standard InChI is InChI=1S/C18H19FN2O3S/c1-21-17-8-7-16(12-14(17)4-9-18(21)22)25(23,24)20-11-10-13-2-5-15(19)6-3-13/h2-3,5-8,12,20H,4,9-11H2,1H3. The SMILES string of the molecule is CN1C(=O)CCc2cc(S(=O)(=O)NCCc3ccc(F)cc3)ccc21. The minimum Gasteiger partial charge on any atom is -0.315 e. The highest BCUT2D eigenvalue weighted by Crippen LogP contribution is 2.28. The molecule has 0 fully saturated rings. The molecule has 3 rings (SSSR count). The van der Waals surface area contributed by atoms with Crippen molar-refractivity contribution in [2.75, 3.05) is 18.5 Å². The molecule has 0 radical (unpaired) electrons. The monoisotopic (exact) mass is 362 g/mol. The van der Waals surface area contributed by atoms with Crippen LogP contribution in [-0.2, 0) is 27.7 Å². The van der Waals surface area contributed by atoms with Crippen molar-refractivity contribution < 1.29 is 17.6 Å². The molecule has 0 saturated heterocycles. The second-order valence-electron chi connectivity index (χ2n) is 6.02. The van der Waals surface area contributed by atoms with Crippen LogP contribution in [0.5, 0.6) is 0 Å². The molecule has 1 N–H and O–H groups in total. The zero-order chi connectivity index (χ0) is 18.0. The maximum absolute atomic E-state index is 12.9. The second-order valence-corrected chi connectivity index (χ2v) is 7.78. The first-order valence-electron chi connectivity index (χ1n) is 8.00. The van der Waals surface area contributed by atoms with Crippen LogP contribution in [0.2, 0.25) is 0 Å². The maximum atomic E-state index is 12.9. The molecular formula is C18H19FN2O3S. The van der Waals surface area contributed by atoms with E-state index in [9.17, 15) is 17.6 Å². The predicted molar refractivity (Wildman–Crippen MR) is 93.5 cm³/mol. The fraction of sp³-hybridized carbons (Fsp3) is 0.278. The van der Waals surface area contributed by atoms with Crippen LogP contribution in [0.1, 0.15) is 17.5 Å². The summed E-state index contributed by atoms with van der Waals surface area (Å²) in [5.74, 6) is -0.289. The topological polar surface area (TPSA) is 66.5 Å². The summed E-state index contributed by atoms with van der Waals surface area (Å²) < 4.78 is 40.3. The molecule has 1 aliphatic heterocycles. The van der Waals surface area contributed by atoms with Crippen LogP contribution in [0, 0.1) is 5.82 Å². The highest BCUT2D eigenvalue weighted by atomic mass is 32.2. The molecule has 5 nitrogen and oxygen atoms in total. The zero-order valence-corrected chi connectivity index (χ0v) is 14.6. The number of hydrogen-bond donors (Lipinski definition) is 1. The third-order valence-electron chi connectivity index (χ3n) is 4.32. The number of sulfonamides is 1. The number of benzene rings is 2. The van der Waals surface area contributed by atoms with Crippen LogP contribution in [0.15, 0.2) is 47.4 Å². The Morgan fingerprint density at radius 3 is 2.56 bits per heavy atom. The van der Waals surface area contributed by atoms with E-state index >= 15 is 0 Å². The minimum absolute atomic E-state index is 0.0283. The van der Waals surface area contributed by atoms with E-state index in [1.807, 2.05) is 0 Å². The van der Waals surface area contributed by atoms with Crippen molar-refractivity contribution in [3.63, 3.8) is 0 Å². The van der Waals surface area contributed by atoms with Gasteiger partial charge in [-0.2, -0.15) is 0 Å². The Morgan fingerprint density at radius 2 is 1.84 bits per heavy atom. The van der Waals surface area contributed by atoms with Gasteiger partial charge in [-0.25, -0.2) is 17.5 Å². The third-order valence-corrected chi connectivity index (χ3v) is 5.78. The van der Waals surface area contributed by atoms with E-state index in [2.05, 4.69) is 4.72 Å². The first-order valence-corrected chi connectivity index (χ1v) is 9.49. The summed E-state index contributed by atoms with van der Waals surface area (Å²) in [6.07, 6.45) is 1.39. The molecule has 132 valence electrons. The van der Waals surface area contributed by atoms with Crippen molar-refractivity contribution in [2.24, 2.45) is 0 Å². The third kappa shape index (κ3) is 3.88. The molecule has 7 heteroatoms. The summed E-state index contributed by atoms with van der Waals surface area (Å²) in [6.45, 7) is 0.226. The van der Waals surface area contributed by atoms with E-state index in [1.165, 1.54) is 18.2 Å². The molecule has 0 atom stereocenters. The normalized spacial score (nSPS) is 14.5.